The van der Waals surface area contributed by atoms with Gasteiger partial charge in [-0.1, -0.05) is 31.2 Å². The second kappa shape index (κ2) is 11.4. The number of halogens is 2. The second-order valence-corrected chi connectivity index (χ2v) is 9.95. The molecule has 0 radical (unpaired) electrons. The van der Waals surface area contributed by atoms with Gasteiger partial charge in [-0.25, -0.2) is 12.8 Å². The maximum atomic E-state index is 13.4. The zero-order valence-corrected chi connectivity index (χ0v) is 20.6. The van der Waals surface area contributed by atoms with Crippen molar-refractivity contribution in [2.45, 2.75) is 32.9 Å². The second-order valence-electron chi connectivity index (χ2n) is 7.19. The molecule has 2 aromatic carbocycles. The van der Waals surface area contributed by atoms with Gasteiger partial charge in [0.2, 0.25) is 21.8 Å². The van der Waals surface area contributed by atoms with Crippen LogP contribution in [0.5, 0.6) is 0 Å². The van der Waals surface area contributed by atoms with E-state index in [0.29, 0.717) is 28.7 Å². The van der Waals surface area contributed by atoms with Crippen molar-refractivity contribution in [1.29, 1.82) is 0 Å². The molecule has 0 aliphatic heterocycles. The first kappa shape index (κ1) is 25.8. The van der Waals surface area contributed by atoms with E-state index in [-0.39, 0.29) is 12.5 Å². The summed E-state index contributed by atoms with van der Waals surface area (Å²) in [6.45, 7) is 3.48. The molecule has 0 aromatic heterocycles. The first-order valence-corrected chi connectivity index (χ1v) is 12.8. The third-order valence-electron chi connectivity index (χ3n) is 4.80. The van der Waals surface area contributed by atoms with E-state index in [1.807, 2.05) is 0 Å². The molecule has 0 aliphatic carbocycles. The number of hydrogen-bond donors (Lipinski definition) is 1. The maximum Gasteiger partial charge on any atom is 0.244 e. The fourth-order valence-corrected chi connectivity index (χ4v) is 4.72. The summed E-state index contributed by atoms with van der Waals surface area (Å²) in [7, 11) is -3.80. The number of amides is 2. The predicted molar refractivity (Wildman–Crippen MR) is 126 cm³/mol. The van der Waals surface area contributed by atoms with Crippen molar-refractivity contribution in [3.05, 3.63) is 64.4 Å². The Balaban J connectivity index is 2.43. The van der Waals surface area contributed by atoms with Gasteiger partial charge in [-0.05, 0) is 59.1 Å². The van der Waals surface area contributed by atoms with E-state index in [2.05, 4.69) is 21.2 Å². The van der Waals surface area contributed by atoms with Gasteiger partial charge < -0.3 is 10.2 Å². The van der Waals surface area contributed by atoms with Gasteiger partial charge in [0.05, 0.1) is 11.9 Å². The molecule has 0 aliphatic rings. The molecule has 1 unspecified atom stereocenters. The lowest BCUT2D eigenvalue weighted by atomic mass is 10.1. The number of nitrogens with one attached hydrogen (secondary N) is 1. The molecule has 174 valence electrons. The Labute approximate surface area is 196 Å². The highest BCUT2D eigenvalue weighted by Gasteiger charge is 2.32. The molecule has 0 spiro atoms. The van der Waals surface area contributed by atoms with Gasteiger partial charge >= 0.3 is 0 Å². The highest BCUT2D eigenvalue weighted by molar-refractivity contribution is 9.10. The molecule has 0 heterocycles. The number of sulfonamides is 1. The number of para-hydroxylation sites is 1. The minimum absolute atomic E-state index is 0.0301. The van der Waals surface area contributed by atoms with Gasteiger partial charge in [0, 0.05) is 17.6 Å². The average molecular weight is 528 g/mol. The highest BCUT2D eigenvalue weighted by atomic mass is 79.9. The van der Waals surface area contributed by atoms with Crippen molar-refractivity contribution in [3.8, 4) is 0 Å². The SMILES string of the molecule is CCNC(=O)C(CC)N(Cc1ccc(F)cc1)C(=O)CN(c1ccccc1Br)S(C)(=O)=O. The number of carbonyl (C=O) groups excluding carboxylic acids is 2. The van der Waals surface area contributed by atoms with Crippen LogP contribution in [0.2, 0.25) is 0 Å². The fourth-order valence-electron chi connectivity index (χ4n) is 3.25. The smallest absolute Gasteiger partial charge is 0.244 e. The van der Waals surface area contributed by atoms with Crippen molar-refractivity contribution < 1.29 is 22.4 Å². The highest BCUT2D eigenvalue weighted by Crippen LogP contribution is 2.28. The van der Waals surface area contributed by atoms with Crippen LogP contribution < -0.4 is 9.62 Å². The standard InChI is InChI=1S/C22H27BrFN3O4S/c1-4-19(22(29)25-5-2)26(14-16-10-12-17(24)13-11-16)21(28)15-27(32(3,30)31)20-9-7-6-8-18(20)23/h6-13,19H,4-5,14-15H2,1-3H3,(H,25,29). The van der Waals surface area contributed by atoms with Crippen LogP contribution in [0.1, 0.15) is 25.8 Å². The lowest BCUT2D eigenvalue weighted by Gasteiger charge is -2.33. The summed E-state index contributed by atoms with van der Waals surface area (Å²) in [6.07, 6.45) is 1.35. The first-order valence-electron chi connectivity index (χ1n) is 10.1. The van der Waals surface area contributed by atoms with Gasteiger partial charge in [-0.3, -0.25) is 13.9 Å². The summed E-state index contributed by atoms with van der Waals surface area (Å²) in [4.78, 5) is 27.4. The minimum atomic E-state index is -3.80. The van der Waals surface area contributed by atoms with E-state index in [0.717, 1.165) is 10.6 Å². The Hall–Kier alpha value is -2.46. The van der Waals surface area contributed by atoms with Crippen molar-refractivity contribution in [2.24, 2.45) is 0 Å². The summed E-state index contributed by atoms with van der Waals surface area (Å²) in [5.41, 5.74) is 0.936. The van der Waals surface area contributed by atoms with Crippen LogP contribution in [0.3, 0.4) is 0 Å². The number of likely N-dealkylation sites (N-methyl/N-ethyl adjacent to an activating group) is 1. The normalized spacial score (nSPS) is 12.2. The maximum absolute atomic E-state index is 13.4. The fraction of sp³-hybridized carbons (Fsp3) is 0.364. The third kappa shape index (κ3) is 6.77. The largest absolute Gasteiger partial charge is 0.355 e. The summed E-state index contributed by atoms with van der Waals surface area (Å²) in [5.74, 6) is -1.30. The van der Waals surface area contributed by atoms with Gasteiger partial charge in [0.15, 0.2) is 0 Å². The lowest BCUT2D eigenvalue weighted by molar-refractivity contribution is -0.140. The molecule has 0 saturated carbocycles. The number of rotatable bonds is 10. The molecule has 0 bridgehead atoms. The van der Waals surface area contributed by atoms with Crippen LogP contribution in [0.25, 0.3) is 0 Å². The topological polar surface area (TPSA) is 86.8 Å². The van der Waals surface area contributed by atoms with Gasteiger partial charge in [-0.15, -0.1) is 0 Å². The lowest BCUT2D eigenvalue weighted by Crippen LogP contribution is -2.52. The van der Waals surface area contributed by atoms with E-state index >= 15 is 0 Å². The van der Waals surface area contributed by atoms with Crippen LogP contribution in [0, 0.1) is 5.82 Å². The van der Waals surface area contributed by atoms with Crippen LogP contribution in [-0.2, 0) is 26.2 Å². The quantitative estimate of drug-likeness (QED) is 0.513. The van der Waals surface area contributed by atoms with Gasteiger partial charge in [-0.2, -0.15) is 0 Å². The average Bonchev–Trinajstić information content (AvgIpc) is 2.73. The van der Waals surface area contributed by atoms with E-state index in [4.69, 9.17) is 0 Å². The zero-order valence-electron chi connectivity index (χ0n) is 18.2. The minimum Gasteiger partial charge on any atom is -0.355 e. The van der Waals surface area contributed by atoms with Crippen molar-refractivity contribution in [1.82, 2.24) is 10.2 Å². The first-order chi connectivity index (χ1) is 15.1. The molecule has 0 fully saturated rings. The molecule has 10 heteroatoms. The molecule has 0 saturated heterocycles. The van der Waals surface area contributed by atoms with Crippen LogP contribution in [0.15, 0.2) is 53.0 Å². The number of benzene rings is 2. The Morgan fingerprint density at radius 1 is 1.09 bits per heavy atom. The molecular weight excluding hydrogens is 501 g/mol. The Bertz CT molecular complexity index is 1050. The third-order valence-corrected chi connectivity index (χ3v) is 6.60. The van der Waals surface area contributed by atoms with Gasteiger partial charge in [0.1, 0.15) is 18.4 Å². The van der Waals surface area contributed by atoms with Crippen molar-refractivity contribution in [2.75, 3.05) is 23.7 Å². The summed E-state index contributed by atoms with van der Waals surface area (Å²) in [5, 5.41) is 2.72. The molecule has 2 amide bonds. The number of anilines is 1. The Morgan fingerprint density at radius 3 is 2.25 bits per heavy atom. The number of nitrogens with zero attached hydrogens (tertiary/aromatic N) is 2. The molecule has 2 aromatic rings. The van der Waals surface area contributed by atoms with Crippen LogP contribution >= 0.6 is 15.9 Å². The summed E-state index contributed by atoms with van der Waals surface area (Å²) >= 11 is 3.33. The van der Waals surface area contributed by atoms with E-state index in [1.165, 1.54) is 29.2 Å². The molecular formula is C22H27BrFN3O4S. The summed E-state index contributed by atoms with van der Waals surface area (Å²) < 4.78 is 39.9. The monoisotopic (exact) mass is 527 g/mol. The Kier molecular flexibility index (Phi) is 9.21. The molecule has 32 heavy (non-hydrogen) atoms. The van der Waals surface area contributed by atoms with Crippen molar-refractivity contribution >= 4 is 43.5 Å². The van der Waals surface area contributed by atoms with Crippen LogP contribution in [0.4, 0.5) is 10.1 Å². The van der Waals surface area contributed by atoms with E-state index in [1.54, 1.807) is 38.1 Å². The summed E-state index contributed by atoms with van der Waals surface area (Å²) in [6, 6.07) is 11.5. The molecule has 1 atom stereocenters. The zero-order chi connectivity index (χ0) is 23.9. The van der Waals surface area contributed by atoms with Crippen LogP contribution in [-0.4, -0.2) is 50.5 Å². The van der Waals surface area contributed by atoms with Crippen molar-refractivity contribution in [3.63, 3.8) is 0 Å². The molecule has 2 rings (SSSR count). The van der Waals surface area contributed by atoms with E-state index in [9.17, 15) is 22.4 Å². The number of hydrogen-bond acceptors (Lipinski definition) is 4. The molecule has 7 nitrogen and oxygen atoms in total. The molecule has 1 N–H and O–H groups in total. The number of carbonyl (C=O) groups is 2. The predicted octanol–water partition coefficient (Wildman–Crippen LogP) is 3.30. The van der Waals surface area contributed by atoms with Gasteiger partial charge in [0.25, 0.3) is 0 Å². The van der Waals surface area contributed by atoms with E-state index < -0.39 is 34.3 Å². The Morgan fingerprint density at radius 2 is 1.72 bits per heavy atom.